The molecule has 0 radical (unpaired) electrons. The number of carbonyl (C=O) groups is 2. The summed E-state index contributed by atoms with van der Waals surface area (Å²) < 4.78 is 25.4. The van der Waals surface area contributed by atoms with Gasteiger partial charge in [0.1, 0.15) is 17.3 Å². The topological polar surface area (TPSA) is 91.7 Å². The molecule has 2 amide bonds. The van der Waals surface area contributed by atoms with E-state index < -0.39 is 11.7 Å². The Labute approximate surface area is 183 Å². The molecule has 1 saturated heterocycles. The fraction of sp³-hybridized carbons (Fsp3) is 0.318. The molecule has 0 aromatic heterocycles. The highest BCUT2D eigenvalue weighted by Gasteiger charge is 2.28. The monoisotopic (exact) mass is 443 g/mol. The van der Waals surface area contributed by atoms with Crippen molar-refractivity contribution in [1.82, 2.24) is 4.90 Å². The van der Waals surface area contributed by atoms with E-state index in [9.17, 15) is 14.0 Å². The molecule has 0 unspecified atom stereocenters. The molecule has 0 spiro atoms. The van der Waals surface area contributed by atoms with Crippen LogP contribution in [0.3, 0.4) is 0 Å². The third-order valence-electron chi connectivity index (χ3n) is 5.37. The zero-order chi connectivity index (χ0) is 22.0. The lowest BCUT2D eigenvalue weighted by Gasteiger charge is -2.32. The van der Waals surface area contributed by atoms with Crippen molar-refractivity contribution < 1.29 is 23.5 Å². The number of fused-ring (bicyclic) bond motifs is 1. The summed E-state index contributed by atoms with van der Waals surface area (Å²) in [6.07, 6.45) is 1.40. The standard InChI is InChI=1S/C22H19ClFN3O4/c23-16-7-14(10-25)1-2-19(16)30-11-13-3-5-27(6-4-13)22(29)15-8-18-20(9-17(15)24)31-12-21(28)26-18/h1-2,7-9,13H,3-6,11-12H2,(H,26,28). The number of amides is 2. The summed E-state index contributed by atoms with van der Waals surface area (Å²) in [6.45, 7) is 1.19. The van der Waals surface area contributed by atoms with Crippen LogP contribution < -0.4 is 14.8 Å². The predicted molar refractivity (Wildman–Crippen MR) is 111 cm³/mol. The van der Waals surface area contributed by atoms with Crippen molar-refractivity contribution in [3.8, 4) is 17.6 Å². The molecule has 2 aromatic rings. The molecular weight excluding hydrogens is 425 g/mol. The lowest BCUT2D eigenvalue weighted by Crippen LogP contribution is -2.40. The molecule has 2 aliphatic heterocycles. The van der Waals surface area contributed by atoms with E-state index in [4.69, 9.17) is 26.3 Å². The molecule has 4 rings (SSSR count). The molecule has 0 aliphatic carbocycles. The molecule has 0 atom stereocenters. The van der Waals surface area contributed by atoms with Gasteiger partial charge in [-0.1, -0.05) is 11.6 Å². The van der Waals surface area contributed by atoms with Crippen molar-refractivity contribution in [2.24, 2.45) is 5.92 Å². The average Bonchev–Trinajstić information content (AvgIpc) is 2.78. The minimum absolute atomic E-state index is 0.0939. The lowest BCUT2D eigenvalue weighted by molar-refractivity contribution is -0.118. The van der Waals surface area contributed by atoms with Crippen molar-refractivity contribution in [1.29, 1.82) is 5.26 Å². The van der Waals surface area contributed by atoms with Gasteiger partial charge in [-0.15, -0.1) is 0 Å². The van der Waals surface area contributed by atoms with Crippen LogP contribution in [0.15, 0.2) is 30.3 Å². The van der Waals surface area contributed by atoms with Gasteiger partial charge in [-0.3, -0.25) is 9.59 Å². The Morgan fingerprint density at radius 1 is 1.32 bits per heavy atom. The fourth-order valence-corrected chi connectivity index (χ4v) is 3.87. The molecule has 9 heteroatoms. The number of hydrogen-bond donors (Lipinski definition) is 1. The van der Waals surface area contributed by atoms with Crippen LogP contribution >= 0.6 is 11.6 Å². The van der Waals surface area contributed by atoms with E-state index in [-0.39, 0.29) is 29.7 Å². The van der Waals surface area contributed by atoms with Crippen LogP contribution in [0.2, 0.25) is 5.02 Å². The minimum atomic E-state index is -0.680. The first kappa shape index (κ1) is 20.9. The summed E-state index contributed by atoms with van der Waals surface area (Å²) in [5.74, 6) is -0.501. The van der Waals surface area contributed by atoms with Crippen LogP contribution in [-0.2, 0) is 4.79 Å². The zero-order valence-corrected chi connectivity index (χ0v) is 17.2. The van der Waals surface area contributed by atoms with Crippen molar-refractivity contribution in [2.45, 2.75) is 12.8 Å². The lowest BCUT2D eigenvalue weighted by atomic mass is 9.97. The molecule has 2 aliphatic rings. The minimum Gasteiger partial charge on any atom is -0.492 e. The maximum atomic E-state index is 14.5. The van der Waals surface area contributed by atoms with E-state index in [1.807, 2.05) is 6.07 Å². The summed E-state index contributed by atoms with van der Waals surface area (Å²) in [6, 6.07) is 9.34. The van der Waals surface area contributed by atoms with Gasteiger partial charge in [0.05, 0.1) is 34.5 Å². The highest BCUT2D eigenvalue weighted by Crippen LogP contribution is 2.32. The Morgan fingerprint density at radius 2 is 2.10 bits per heavy atom. The third kappa shape index (κ3) is 4.57. The first-order valence-corrected chi connectivity index (χ1v) is 10.2. The van der Waals surface area contributed by atoms with Gasteiger partial charge in [0, 0.05) is 19.2 Å². The van der Waals surface area contributed by atoms with Gasteiger partial charge in [0.2, 0.25) is 0 Å². The molecule has 160 valence electrons. The van der Waals surface area contributed by atoms with Crippen LogP contribution in [0.25, 0.3) is 0 Å². The highest BCUT2D eigenvalue weighted by atomic mass is 35.5. The molecule has 2 aromatic carbocycles. The van der Waals surface area contributed by atoms with E-state index in [1.54, 1.807) is 23.1 Å². The van der Waals surface area contributed by atoms with Gasteiger partial charge >= 0.3 is 0 Å². The smallest absolute Gasteiger partial charge is 0.262 e. The summed E-state index contributed by atoms with van der Waals surface area (Å²) >= 11 is 6.13. The van der Waals surface area contributed by atoms with Gasteiger partial charge < -0.3 is 19.7 Å². The summed E-state index contributed by atoms with van der Waals surface area (Å²) in [5.41, 5.74) is 0.664. The average molecular weight is 444 g/mol. The number of piperidine rings is 1. The first-order chi connectivity index (χ1) is 14.9. The number of anilines is 1. The maximum absolute atomic E-state index is 14.5. The predicted octanol–water partition coefficient (Wildman–Crippen LogP) is 3.61. The number of likely N-dealkylation sites (tertiary alicyclic amines) is 1. The summed E-state index contributed by atoms with van der Waals surface area (Å²) in [7, 11) is 0. The maximum Gasteiger partial charge on any atom is 0.262 e. The Morgan fingerprint density at radius 3 is 2.81 bits per heavy atom. The molecule has 1 fully saturated rings. The van der Waals surface area contributed by atoms with Gasteiger partial charge in [0.25, 0.3) is 11.8 Å². The Balaban J connectivity index is 1.35. The van der Waals surface area contributed by atoms with E-state index in [0.717, 1.165) is 6.07 Å². The number of nitrogens with zero attached hydrogens (tertiary/aromatic N) is 2. The number of ether oxygens (including phenoxy) is 2. The number of nitrogens with one attached hydrogen (secondary N) is 1. The number of rotatable bonds is 4. The Bertz CT molecular complexity index is 1080. The summed E-state index contributed by atoms with van der Waals surface area (Å²) in [4.78, 5) is 25.9. The number of halogens is 2. The highest BCUT2D eigenvalue weighted by molar-refractivity contribution is 6.32. The van der Waals surface area contributed by atoms with Crippen LogP contribution in [0.4, 0.5) is 10.1 Å². The summed E-state index contributed by atoms with van der Waals surface area (Å²) in [5, 5.41) is 11.9. The second-order valence-corrected chi connectivity index (χ2v) is 7.88. The number of carbonyl (C=O) groups excluding carboxylic acids is 2. The van der Waals surface area contributed by atoms with Gasteiger partial charge in [0.15, 0.2) is 6.61 Å². The number of nitriles is 1. The third-order valence-corrected chi connectivity index (χ3v) is 5.67. The molecule has 1 N–H and O–H groups in total. The second kappa shape index (κ2) is 8.82. The second-order valence-electron chi connectivity index (χ2n) is 7.47. The van der Waals surface area contributed by atoms with Crippen LogP contribution in [0.1, 0.15) is 28.8 Å². The van der Waals surface area contributed by atoms with Crippen LogP contribution in [0, 0.1) is 23.1 Å². The largest absolute Gasteiger partial charge is 0.492 e. The fourth-order valence-electron chi connectivity index (χ4n) is 3.63. The van der Waals surface area contributed by atoms with Crippen LogP contribution in [-0.4, -0.2) is 43.0 Å². The van der Waals surface area contributed by atoms with Crippen molar-refractivity contribution in [3.63, 3.8) is 0 Å². The van der Waals surface area contributed by atoms with Gasteiger partial charge in [-0.05, 0) is 43.0 Å². The molecule has 31 heavy (non-hydrogen) atoms. The molecular formula is C22H19ClFN3O4. The van der Waals surface area contributed by atoms with Crippen molar-refractivity contribution >= 4 is 29.1 Å². The molecule has 2 heterocycles. The van der Waals surface area contributed by atoms with E-state index in [1.165, 1.54) is 6.07 Å². The normalized spacial score (nSPS) is 16.0. The first-order valence-electron chi connectivity index (χ1n) is 9.82. The van der Waals surface area contributed by atoms with Gasteiger partial charge in [-0.25, -0.2) is 4.39 Å². The number of benzene rings is 2. The van der Waals surface area contributed by atoms with Crippen molar-refractivity contribution in [2.75, 3.05) is 31.6 Å². The Hall–Kier alpha value is -3.31. The number of hydrogen-bond acceptors (Lipinski definition) is 5. The SMILES string of the molecule is N#Cc1ccc(OCC2CCN(C(=O)c3cc4c(cc3F)OCC(=O)N4)CC2)c(Cl)c1. The van der Waals surface area contributed by atoms with Crippen molar-refractivity contribution in [3.05, 3.63) is 52.3 Å². The molecule has 0 saturated carbocycles. The van der Waals surface area contributed by atoms with E-state index in [2.05, 4.69) is 5.32 Å². The van der Waals surface area contributed by atoms with Gasteiger partial charge in [-0.2, -0.15) is 5.26 Å². The zero-order valence-electron chi connectivity index (χ0n) is 16.5. The Kier molecular flexibility index (Phi) is 5.96. The quantitative estimate of drug-likeness (QED) is 0.779. The van der Waals surface area contributed by atoms with E-state index >= 15 is 0 Å². The molecule has 7 nitrogen and oxygen atoms in total. The molecule has 0 bridgehead atoms. The van der Waals surface area contributed by atoms with Crippen LogP contribution in [0.5, 0.6) is 11.5 Å². The van der Waals surface area contributed by atoms with E-state index in [0.29, 0.717) is 54.6 Å².